The summed E-state index contributed by atoms with van der Waals surface area (Å²) in [6.07, 6.45) is 6.20. The van der Waals surface area contributed by atoms with E-state index < -0.39 is 5.54 Å². The molecule has 1 atom stereocenters. The highest BCUT2D eigenvalue weighted by Crippen LogP contribution is 2.25. The minimum atomic E-state index is -0.658. The molecule has 100 valence electrons. The molecule has 1 saturated carbocycles. The smallest absolute Gasteiger partial charge is 0.325 e. The number of carbonyl (C=O) groups is 1. The maximum atomic E-state index is 11.9. The van der Waals surface area contributed by atoms with Crippen LogP contribution in [0, 0.1) is 0 Å². The van der Waals surface area contributed by atoms with Gasteiger partial charge in [0, 0.05) is 18.8 Å². The number of aromatic nitrogens is 2. The number of halogens is 1. The number of carbonyl (C=O) groups excluding carboxylic acids is 1. The predicted molar refractivity (Wildman–Crippen MR) is 68.4 cm³/mol. The number of nitrogens with zero attached hydrogens (tertiary/aromatic N) is 2. The molecule has 0 bridgehead atoms. The Hall–Kier alpha value is -1.07. The van der Waals surface area contributed by atoms with Gasteiger partial charge < -0.3 is 4.74 Å². The van der Waals surface area contributed by atoms with Crippen molar-refractivity contribution in [1.82, 2.24) is 15.1 Å². The first-order chi connectivity index (χ1) is 8.53. The minimum Gasteiger partial charge on any atom is -0.468 e. The Morgan fingerprint density at radius 1 is 1.72 bits per heavy atom. The van der Waals surface area contributed by atoms with E-state index in [2.05, 4.69) is 10.4 Å². The third kappa shape index (κ3) is 3.23. The molecule has 1 unspecified atom stereocenters. The highest BCUT2D eigenvalue weighted by molar-refractivity contribution is 6.30. The van der Waals surface area contributed by atoms with Crippen LogP contribution in [-0.4, -0.2) is 34.4 Å². The van der Waals surface area contributed by atoms with Crippen LogP contribution >= 0.6 is 11.6 Å². The molecule has 5 nitrogen and oxygen atoms in total. The van der Waals surface area contributed by atoms with Gasteiger partial charge in [0.1, 0.15) is 5.54 Å². The van der Waals surface area contributed by atoms with Crippen LogP contribution in [0.1, 0.15) is 26.2 Å². The molecule has 1 aliphatic rings. The van der Waals surface area contributed by atoms with Gasteiger partial charge in [-0.05, 0) is 26.2 Å². The highest BCUT2D eigenvalue weighted by Gasteiger charge is 2.39. The summed E-state index contributed by atoms with van der Waals surface area (Å²) in [6, 6.07) is 0.440. The van der Waals surface area contributed by atoms with Gasteiger partial charge >= 0.3 is 5.97 Å². The molecule has 0 saturated heterocycles. The van der Waals surface area contributed by atoms with Gasteiger partial charge in [-0.1, -0.05) is 11.6 Å². The lowest BCUT2D eigenvalue weighted by Gasteiger charge is -2.28. The number of hydrogen-bond acceptors (Lipinski definition) is 4. The topological polar surface area (TPSA) is 56.2 Å². The van der Waals surface area contributed by atoms with Crippen LogP contribution in [0.5, 0.6) is 0 Å². The van der Waals surface area contributed by atoms with E-state index in [1.807, 2.05) is 6.92 Å². The van der Waals surface area contributed by atoms with Crippen molar-refractivity contribution in [3.63, 3.8) is 0 Å². The third-order valence-electron chi connectivity index (χ3n) is 3.18. The molecule has 6 heteroatoms. The van der Waals surface area contributed by atoms with Gasteiger partial charge in [0.2, 0.25) is 0 Å². The van der Waals surface area contributed by atoms with E-state index in [0.717, 1.165) is 12.8 Å². The Kier molecular flexibility index (Phi) is 3.92. The monoisotopic (exact) mass is 271 g/mol. The molecule has 18 heavy (non-hydrogen) atoms. The molecule has 1 fully saturated rings. The van der Waals surface area contributed by atoms with Crippen molar-refractivity contribution in [1.29, 1.82) is 0 Å². The van der Waals surface area contributed by atoms with Gasteiger partial charge in [-0.15, -0.1) is 0 Å². The second-order valence-electron chi connectivity index (χ2n) is 4.91. The molecule has 2 rings (SSSR count). The summed E-state index contributed by atoms with van der Waals surface area (Å²) in [5, 5.41) is 8.05. The molecule has 1 aromatic heterocycles. The second kappa shape index (κ2) is 5.28. The fourth-order valence-electron chi connectivity index (χ4n) is 1.94. The molecular formula is C12H18ClN3O2. The van der Waals surface area contributed by atoms with Crippen LogP contribution in [0.3, 0.4) is 0 Å². The van der Waals surface area contributed by atoms with E-state index >= 15 is 0 Å². The highest BCUT2D eigenvalue weighted by atomic mass is 35.5. The molecule has 1 heterocycles. The van der Waals surface area contributed by atoms with Gasteiger partial charge in [0.15, 0.2) is 0 Å². The zero-order valence-electron chi connectivity index (χ0n) is 10.6. The maximum Gasteiger partial charge on any atom is 0.325 e. The maximum absolute atomic E-state index is 11.9. The Morgan fingerprint density at radius 2 is 2.44 bits per heavy atom. The van der Waals surface area contributed by atoms with Crippen LogP contribution in [0.2, 0.25) is 5.02 Å². The van der Waals surface area contributed by atoms with Gasteiger partial charge in [-0.25, -0.2) is 0 Å². The first-order valence-corrected chi connectivity index (χ1v) is 6.45. The fourth-order valence-corrected chi connectivity index (χ4v) is 2.09. The van der Waals surface area contributed by atoms with Crippen molar-refractivity contribution >= 4 is 17.6 Å². The van der Waals surface area contributed by atoms with E-state index in [0.29, 0.717) is 24.0 Å². The number of nitrogens with one attached hydrogen (secondary N) is 1. The molecular weight excluding hydrogens is 254 g/mol. The number of hydrogen-bond donors (Lipinski definition) is 1. The van der Waals surface area contributed by atoms with Crippen molar-refractivity contribution in [2.75, 3.05) is 7.11 Å². The van der Waals surface area contributed by atoms with Crippen LogP contribution in [0.15, 0.2) is 12.4 Å². The number of methoxy groups -OCH3 is 1. The predicted octanol–water partition coefficient (Wildman–Crippen LogP) is 1.61. The molecule has 1 N–H and O–H groups in total. The van der Waals surface area contributed by atoms with Gasteiger partial charge in [0.25, 0.3) is 0 Å². The van der Waals surface area contributed by atoms with E-state index in [1.54, 1.807) is 17.1 Å². The number of aryl methyl sites for hydroxylation is 1. The molecule has 0 aliphatic heterocycles. The quantitative estimate of drug-likeness (QED) is 0.799. The molecule has 1 aliphatic carbocycles. The number of esters is 1. The van der Waals surface area contributed by atoms with E-state index in [-0.39, 0.29) is 5.97 Å². The van der Waals surface area contributed by atoms with Gasteiger partial charge in [0.05, 0.1) is 18.3 Å². The van der Waals surface area contributed by atoms with Gasteiger partial charge in [-0.2, -0.15) is 5.10 Å². The van der Waals surface area contributed by atoms with Crippen molar-refractivity contribution in [2.24, 2.45) is 0 Å². The summed E-state index contributed by atoms with van der Waals surface area (Å²) < 4.78 is 6.61. The largest absolute Gasteiger partial charge is 0.468 e. The zero-order valence-corrected chi connectivity index (χ0v) is 11.4. The van der Waals surface area contributed by atoms with E-state index in [9.17, 15) is 4.79 Å². The summed E-state index contributed by atoms with van der Waals surface area (Å²) in [7, 11) is 1.42. The molecule has 0 radical (unpaired) electrons. The Balaban J connectivity index is 1.97. The molecule has 1 aromatic rings. The van der Waals surface area contributed by atoms with E-state index in [4.69, 9.17) is 16.3 Å². The van der Waals surface area contributed by atoms with E-state index in [1.165, 1.54) is 7.11 Å². The van der Waals surface area contributed by atoms with Gasteiger partial charge in [-0.3, -0.25) is 14.8 Å². The Morgan fingerprint density at radius 3 is 2.94 bits per heavy atom. The van der Waals surface area contributed by atoms with Crippen molar-refractivity contribution in [3.8, 4) is 0 Å². The number of ether oxygens (including phenoxy) is 1. The standard InChI is InChI=1S/C12H18ClN3O2/c1-12(11(17)18-2,15-10-3-4-10)5-6-16-8-9(13)7-14-16/h7-8,10,15H,3-6H2,1-2H3. The Labute approximate surface area is 111 Å². The number of rotatable bonds is 6. The minimum absolute atomic E-state index is 0.229. The van der Waals surface area contributed by atoms with Crippen molar-refractivity contribution in [3.05, 3.63) is 17.4 Å². The van der Waals surface area contributed by atoms with Crippen LogP contribution in [-0.2, 0) is 16.1 Å². The Bertz CT molecular complexity index is 431. The SMILES string of the molecule is COC(=O)C(C)(CCn1cc(Cl)cn1)NC1CC1. The summed E-state index contributed by atoms with van der Waals surface area (Å²) in [5.41, 5.74) is -0.658. The summed E-state index contributed by atoms with van der Waals surface area (Å²) in [5.74, 6) is -0.229. The van der Waals surface area contributed by atoms with Crippen LogP contribution in [0.25, 0.3) is 0 Å². The molecule has 0 spiro atoms. The normalized spacial score (nSPS) is 18.4. The second-order valence-corrected chi connectivity index (χ2v) is 5.35. The molecule has 0 amide bonds. The average Bonchev–Trinajstić information content (AvgIpc) is 3.06. The van der Waals surface area contributed by atoms with Crippen LogP contribution in [0.4, 0.5) is 0 Å². The first kappa shape index (κ1) is 13.4. The lowest BCUT2D eigenvalue weighted by Crippen LogP contribution is -2.51. The summed E-state index contributed by atoms with van der Waals surface area (Å²) in [4.78, 5) is 11.9. The third-order valence-corrected chi connectivity index (χ3v) is 3.37. The fraction of sp³-hybridized carbons (Fsp3) is 0.667. The average molecular weight is 272 g/mol. The summed E-state index contributed by atoms with van der Waals surface area (Å²) >= 11 is 5.80. The summed E-state index contributed by atoms with van der Waals surface area (Å²) in [6.45, 7) is 2.50. The van der Waals surface area contributed by atoms with Crippen molar-refractivity contribution in [2.45, 2.75) is 44.3 Å². The molecule has 0 aromatic carbocycles. The lowest BCUT2D eigenvalue weighted by atomic mass is 9.97. The van der Waals surface area contributed by atoms with Crippen molar-refractivity contribution < 1.29 is 9.53 Å². The lowest BCUT2D eigenvalue weighted by molar-refractivity contribution is -0.148. The van der Waals surface area contributed by atoms with Crippen LogP contribution < -0.4 is 5.32 Å². The first-order valence-electron chi connectivity index (χ1n) is 6.07. The zero-order chi connectivity index (χ0) is 13.2.